The summed E-state index contributed by atoms with van der Waals surface area (Å²) < 4.78 is 6.01. The third-order valence-corrected chi connectivity index (χ3v) is 4.21. The highest BCUT2D eigenvalue weighted by Gasteiger charge is 2.21. The van der Waals surface area contributed by atoms with Gasteiger partial charge in [-0.25, -0.2) is 4.98 Å². The summed E-state index contributed by atoms with van der Waals surface area (Å²) in [6.07, 6.45) is 3.49. The fourth-order valence-corrected chi connectivity index (χ4v) is 3.15. The van der Waals surface area contributed by atoms with Gasteiger partial charge in [0.2, 0.25) is 5.65 Å². The first-order valence-electron chi connectivity index (χ1n) is 7.49. The Morgan fingerprint density at radius 2 is 2.18 bits per heavy atom. The molecule has 0 saturated heterocycles. The Labute approximate surface area is 127 Å². The number of fused-ring (bicyclic) bond motifs is 2. The number of hydrogen-bond donors (Lipinski definition) is 2. The number of anilines is 1. The number of nitrogens with two attached hydrogens (primary N) is 1. The fourth-order valence-electron chi connectivity index (χ4n) is 3.15. The molecule has 0 radical (unpaired) electrons. The zero-order valence-corrected chi connectivity index (χ0v) is 12.1. The number of nitrogens with one attached hydrogen (secondary N) is 1. The van der Waals surface area contributed by atoms with Crippen LogP contribution in [0.4, 0.5) is 5.82 Å². The molecule has 4 rings (SSSR count). The van der Waals surface area contributed by atoms with Crippen molar-refractivity contribution in [2.45, 2.75) is 25.2 Å². The molecule has 22 heavy (non-hydrogen) atoms. The SMILES string of the molecule is Nc1cc(OCC2CCCc3ccccc32)c2n[nH]nc2n1. The van der Waals surface area contributed by atoms with Crippen LogP contribution in [0.3, 0.4) is 0 Å². The van der Waals surface area contributed by atoms with Gasteiger partial charge in [-0.1, -0.05) is 24.3 Å². The Morgan fingerprint density at radius 3 is 3.14 bits per heavy atom. The zero-order valence-electron chi connectivity index (χ0n) is 12.1. The van der Waals surface area contributed by atoms with Gasteiger partial charge < -0.3 is 10.5 Å². The first-order chi connectivity index (χ1) is 10.8. The van der Waals surface area contributed by atoms with Gasteiger partial charge in [0.1, 0.15) is 5.82 Å². The van der Waals surface area contributed by atoms with Crippen molar-refractivity contribution >= 4 is 17.0 Å². The minimum atomic E-state index is 0.389. The molecule has 6 heteroatoms. The Morgan fingerprint density at radius 1 is 1.27 bits per heavy atom. The van der Waals surface area contributed by atoms with E-state index in [1.807, 2.05) is 0 Å². The van der Waals surface area contributed by atoms with Crippen LogP contribution in [-0.2, 0) is 6.42 Å². The molecule has 112 valence electrons. The topological polar surface area (TPSA) is 89.7 Å². The Hall–Kier alpha value is -2.63. The van der Waals surface area contributed by atoms with Crippen LogP contribution in [0.5, 0.6) is 5.75 Å². The molecular formula is C16H17N5O. The number of rotatable bonds is 3. The average Bonchev–Trinajstić information content (AvgIpc) is 3.00. The van der Waals surface area contributed by atoms with Gasteiger partial charge in [0.15, 0.2) is 11.3 Å². The van der Waals surface area contributed by atoms with E-state index in [1.54, 1.807) is 6.07 Å². The van der Waals surface area contributed by atoms with Gasteiger partial charge in [0.25, 0.3) is 0 Å². The number of aromatic amines is 1. The predicted octanol–water partition coefficient (Wildman–Crippen LogP) is 2.43. The largest absolute Gasteiger partial charge is 0.490 e. The van der Waals surface area contributed by atoms with E-state index in [2.05, 4.69) is 44.7 Å². The summed E-state index contributed by atoms with van der Waals surface area (Å²) in [5.41, 5.74) is 9.73. The van der Waals surface area contributed by atoms with E-state index in [4.69, 9.17) is 10.5 Å². The minimum Gasteiger partial charge on any atom is -0.490 e. The maximum Gasteiger partial charge on any atom is 0.207 e. The number of benzene rings is 1. The quantitative estimate of drug-likeness (QED) is 0.774. The van der Waals surface area contributed by atoms with E-state index in [0.717, 1.165) is 12.8 Å². The molecule has 6 nitrogen and oxygen atoms in total. The molecule has 2 aromatic heterocycles. The van der Waals surface area contributed by atoms with Gasteiger partial charge in [-0.2, -0.15) is 10.3 Å². The zero-order chi connectivity index (χ0) is 14.9. The maximum absolute atomic E-state index is 6.01. The molecule has 1 aliphatic carbocycles. The summed E-state index contributed by atoms with van der Waals surface area (Å²) in [6.45, 7) is 0.614. The van der Waals surface area contributed by atoms with Crippen LogP contribution < -0.4 is 10.5 Å². The summed E-state index contributed by atoms with van der Waals surface area (Å²) in [7, 11) is 0. The summed E-state index contributed by atoms with van der Waals surface area (Å²) >= 11 is 0. The van der Waals surface area contributed by atoms with E-state index in [0.29, 0.717) is 35.3 Å². The van der Waals surface area contributed by atoms with Crippen molar-refractivity contribution in [3.63, 3.8) is 0 Å². The highest BCUT2D eigenvalue weighted by atomic mass is 16.5. The van der Waals surface area contributed by atoms with E-state index < -0.39 is 0 Å². The molecule has 1 unspecified atom stereocenters. The Balaban J connectivity index is 1.59. The smallest absolute Gasteiger partial charge is 0.207 e. The third kappa shape index (κ3) is 2.26. The fraction of sp³-hybridized carbons (Fsp3) is 0.312. The van der Waals surface area contributed by atoms with Gasteiger partial charge >= 0.3 is 0 Å². The van der Waals surface area contributed by atoms with E-state index in [1.165, 1.54) is 17.5 Å². The molecule has 0 aliphatic heterocycles. The standard InChI is InChI=1S/C16H17N5O/c17-14-8-13(15-16(18-14)20-21-19-15)22-9-11-6-3-5-10-4-1-2-7-12(10)11/h1-2,4,7-8,11H,3,5-6,9H2,(H3,17,18,19,20,21). The second-order valence-corrected chi connectivity index (χ2v) is 5.64. The number of ether oxygens (including phenoxy) is 1. The Bertz CT molecular complexity index is 813. The molecule has 0 amide bonds. The normalized spacial score (nSPS) is 17.4. The molecule has 2 heterocycles. The van der Waals surface area contributed by atoms with E-state index >= 15 is 0 Å². The highest BCUT2D eigenvalue weighted by Crippen LogP contribution is 2.33. The van der Waals surface area contributed by atoms with E-state index in [-0.39, 0.29) is 0 Å². The van der Waals surface area contributed by atoms with E-state index in [9.17, 15) is 0 Å². The van der Waals surface area contributed by atoms with Crippen molar-refractivity contribution in [3.8, 4) is 5.75 Å². The average molecular weight is 295 g/mol. The third-order valence-electron chi connectivity index (χ3n) is 4.21. The molecule has 3 aromatic rings. The lowest BCUT2D eigenvalue weighted by Crippen LogP contribution is -2.16. The van der Waals surface area contributed by atoms with Crippen LogP contribution >= 0.6 is 0 Å². The van der Waals surface area contributed by atoms with Crippen molar-refractivity contribution in [3.05, 3.63) is 41.5 Å². The van der Waals surface area contributed by atoms with Crippen molar-refractivity contribution in [1.82, 2.24) is 20.4 Å². The summed E-state index contributed by atoms with van der Waals surface area (Å²) in [4.78, 5) is 4.12. The number of aryl methyl sites for hydroxylation is 1. The van der Waals surface area contributed by atoms with Crippen molar-refractivity contribution in [2.75, 3.05) is 12.3 Å². The Kier molecular flexibility index (Phi) is 3.14. The number of H-pyrrole nitrogens is 1. The summed E-state index contributed by atoms with van der Waals surface area (Å²) in [6, 6.07) is 10.3. The van der Waals surface area contributed by atoms with Gasteiger partial charge in [-0.15, -0.1) is 5.10 Å². The first kappa shape index (κ1) is 13.1. The van der Waals surface area contributed by atoms with Gasteiger partial charge in [0.05, 0.1) is 6.61 Å². The van der Waals surface area contributed by atoms with Crippen molar-refractivity contribution < 1.29 is 4.74 Å². The minimum absolute atomic E-state index is 0.389. The monoisotopic (exact) mass is 295 g/mol. The molecular weight excluding hydrogens is 278 g/mol. The van der Waals surface area contributed by atoms with Gasteiger partial charge in [0, 0.05) is 12.0 Å². The molecule has 0 bridgehead atoms. The number of hydrogen-bond acceptors (Lipinski definition) is 5. The number of pyridine rings is 1. The summed E-state index contributed by atoms with van der Waals surface area (Å²) in [5.74, 6) is 1.43. The lowest BCUT2D eigenvalue weighted by Gasteiger charge is -2.25. The molecule has 0 fully saturated rings. The lowest BCUT2D eigenvalue weighted by molar-refractivity contribution is 0.277. The maximum atomic E-state index is 6.01. The second-order valence-electron chi connectivity index (χ2n) is 5.64. The van der Waals surface area contributed by atoms with Crippen LogP contribution in [0.2, 0.25) is 0 Å². The molecule has 0 saturated carbocycles. The molecule has 1 aromatic carbocycles. The lowest BCUT2D eigenvalue weighted by atomic mass is 9.83. The molecule has 1 aliphatic rings. The predicted molar refractivity (Wildman–Crippen MR) is 83.7 cm³/mol. The number of aromatic nitrogens is 4. The molecule has 3 N–H and O–H groups in total. The number of nitrogen functional groups attached to an aromatic ring is 1. The van der Waals surface area contributed by atoms with Gasteiger partial charge in [-0.05, 0) is 30.4 Å². The number of nitrogens with zero attached hydrogens (tertiary/aromatic N) is 3. The molecule has 0 spiro atoms. The van der Waals surface area contributed by atoms with Crippen LogP contribution in [0.25, 0.3) is 11.2 Å². The van der Waals surface area contributed by atoms with Crippen molar-refractivity contribution in [1.29, 1.82) is 0 Å². The van der Waals surface area contributed by atoms with Crippen LogP contribution in [0, 0.1) is 0 Å². The van der Waals surface area contributed by atoms with Gasteiger partial charge in [-0.3, -0.25) is 0 Å². The first-order valence-corrected chi connectivity index (χ1v) is 7.49. The van der Waals surface area contributed by atoms with Crippen LogP contribution in [0.1, 0.15) is 29.9 Å². The molecule has 1 atom stereocenters. The van der Waals surface area contributed by atoms with Crippen molar-refractivity contribution in [2.24, 2.45) is 0 Å². The van der Waals surface area contributed by atoms with Crippen LogP contribution in [-0.4, -0.2) is 27.0 Å². The second kappa shape index (κ2) is 5.29. The summed E-state index contributed by atoms with van der Waals surface area (Å²) in [5, 5.41) is 10.6. The van der Waals surface area contributed by atoms with Crippen LogP contribution in [0.15, 0.2) is 30.3 Å². The highest BCUT2D eigenvalue weighted by molar-refractivity contribution is 5.78.